The summed E-state index contributed by atoms with van der Waals surface area (Å²) in [7, 11) is -3.10. The van der Waals surface area contributed by atoms with E-state index in [0.29, 0.717) is 25.3 Å². The molecular formula is C16H24N2O4S. The van der Waals surface area contributed by atoms with Gasteiger partial charge in [-0.25, -0.2) is 13.2 Å². The Labute approximate surface area is 137 Å². The third-order valence-corrected chi connectivity index (χ3v) is 5.51. The molecule has 128 valence electrons. The van der Waals surface area contributed by atoms with Crippen LogP contribution in [0.4, 0.5) is 10.5 Å². The summed E-state index contributed by atoms with van der Waals surface area (Å²) in [6, 6.07) is 6.92. The Bertz CT molecular complexity index is 628. The first-order valence-electron chi connectivity index (χ1n) is 7.88. The molecule has 0 bridgehead atoms. The van der Waals surface area contributed by atoms with E-state index in [1.807, 2.05) is 12.1 Å². The summed E-state index contributed by atoms with van der Waals surface area (Å²) in [5.41, 5.74) is 0.667. The van der Waals surface area contributed by atoms with Crippen molar-refractivity contribution in [2.45, 2.75) is 31.4 Å². The molecule has 2 rings (SSSR count). The zero-order chi connectivity index (χ0) is 16.9. The van der Waals surface area contributed by atoms with Gasteiger partial charge < -0.3 is 15.0 Å². The van der Waals surface area contributed by atoms with Gasteiger partial charge in [0, 0.05) is 25.0 Å². The highest BCUT2D eigenvalue weighted by Gasteiger charge is 2.32. The number of unbranched alkanes of at least 4 members (excludes halogenated alkanes) is 1. The number of nitrogens with one attached hydrogen (secondary N) is 1. The third kappa shape index (κ3) is 5.13. The second kappa shape index (κ2) is 7.68. The lowest BCUT2D eigenvalue weighted by atomic mass is 10.3. The van der Waals surface area contributed by atoms with Gasteiger partial charge in [-0.2, -0.15) is 0 Å². The fourth-order valence-electron chi connectivity index (χ4n) is 2.43. The number of hydrogen-bond donors (Lipinski definition) is 1. The molecule has 1 N–H and O–H groups in total. The number of nitrogens with zero attached hydrogens (tertiary/aromatic N) is 1. The van der Waals surface area contributed by atoms with Crippen LogP contribution in [-0.4, -0.2) is 50.6 Å². The Morgan fingerprint density at radius 3 is 2.61 bits per heavy atom. The number of amides is 2. The lowest BCUT2D eigenvalue weighted by Crippen LogP contribution is -2.34. The molecule has 2 amide bonds. The van der Waals surface area contributed by atoms with E-state index in [-0.39, 0.29) is 12.6 Å². The monoisotopic (exact) mass is 340 g/mol. The molecule has 0 aliphatic carbocycles. The molecule has 1 saturated heterocycles. The first-order chi connectivity index (χ1) is 10.9. The number of carbonyl (C=O) groups excluding carboxylic acids is 1. The summed E-state index contributed by atoms with van der Waals surface area (Å²) in [6.07, 6.45) is 3.81. The highest BCUT2D eigenvalue weighted by molar-refractivity contribution is 7.91. The number of rotatable bonds is 6. The molecule has 1 unspecified atom stereocenters. The predicted octanol–water partition coefficient (Wildman–Crippen LogP) is 2.52. The molecule has 1 aromatic carbocycles. The zero-order valence-corrected chi connectivity index (χ0v) is 14.4. The van der Waals surface area contributed by atoms with Gasteiger partial charge in [0.05, 0.1) is 11.9 Å². The minimum atomic E-state index is -3.10. The molecule has 1 aliphatic heterocycles. The summed E-state index contributed by atoms with van der Waals surface area (Å²) in [5, 5.41) is 2.33. The lowest BCUT2D eigenvalue weighted by Gasteiger charge is -2.17. The van der Waals surface area contributed by atoms with Crippen molar-refractivity contribution in [2.75, 3.05) is 31.3 Å². The van der Waals surface area contributed by atoms with E-state index in [9.17, 15) is 13.2 Å². The van der Waals surface area contributed by atoms with Crippen LogP contribution in [0.1, 0.15) is 26.2 Å². The molecule has 0 radical (unpaired) electrons. The molecule has 1 aromatic rings. The maximum absolute atomic E-state index is 12.2. The fourth-order valence-corrected chi connectivity index (χ4v) is 3.42. The van der Waals surface area contributed by atoms with Crippen molar-refractivity contribution in [2.24, 2.45) is 0 Å². The molecule has 0 aromatic heterocycles. The van der Waals surface area contributed by atoms with Crippen molar-refractivity contribution in [1.29, 1.82) is 0 Å². The SMILES string of the molecule is CCCCOc1ccc(NC(=O)N2CCC(S(C)(=O)=O)C2)cc1. The Morgan fingerprint density at radius 2 is 2.04 bits per heavy atom. The van der Waals surface area contributed by atoms with Crippen molar-refractivity contribution in [3.05, 3.63) is 24.3 Å². The van der Waals surface area contributed by atoms with Crippen LogP contribution >= 0.6 is 0 Å². The molecule has 1 aliphatic rings. The Morgan fingerprint density at radius 1 is 1.35 bits per heavy atom. The van der Waals surface area contributed by atoms with Gasteiger partial charge in [0.1, 0.15) is 5.75 Å². The Kier molecular flexibility index (Phi) is 5.87. The Balaban J connectivity index is 1.86. The highest BCUT2D eigenvalue weighted by atomic mass is 32.2. The predicted molar refractivity (Wildman–Crippen MR) is 90.7 cm³/mol. The molecule has 0 saturated carbocycles. The number of sulfone groups is 1. The molecule has 1 fully saturated rings. The van der Waals surface area contributed by atoms with Crippen molar-refractivity contribution in [3.8, 4) is 5.75 Å². The van der Waals surface area contributed by atoms with Crippen molar-refractivity contribution >= 4 is 21.6 Å². The van der Waals surface area contributed by atoms with E-state index in [0.717, 1.165) is 18.6 Å². The summed E-state index contributed by atoms with van der Waals surface area (Å²) < 4.78 is 28.6. The van der Waals surface area contributed by atoms with E-state index in [4.69, 9.17) is 4.74 Å². The maximum atomic E-state index is 12.2. The van der Waals surface area contributed by atoms with Gasteiger partial charge in [0.15, 0.2) is 9.84 Å². The summed E-state index contributed by atoms with van der Waals surface area (Å²) in [5.74, 6) is 0.773. The van der Waals surface area contributed by atoms with Crippen LogP contribution in [0, 0.1) is 0 Å². The molecular weight excluding hydrogens is 316 g/mol. The van der Waals surface area contributed by atoms with Gasteiger partial charge in [0.2, 0.25) is 0 Å². The molecule has 1 atom stereocenters. The normalized spacial score (nSPS) is 18.0. The van der Waals surface area contributed by atoms with Gasteiger partial charge >= 0.3 is 6.03 Å². The minimum Gasteiger partial charge on any atom is -0.494 e. The zero-order valence-electron chi connectivity index (χ0n) is 13.6. The van der Waals surface area contributed by atoms with Gasteiger partial charge in [-0.3, -0.25) is 0 Å². The van der Waals surface area contributed by atoms with E-state index >= 15 is 0 Å². The van der Waals surface area contributed by atoms with Gasteiger partial charge in [-0.05, 0) is 37.1 Å². The van der Waals surface area contributed by atoms with Gasteiger partial charge in [0.25, 0.3) is 0 Å². The second-order valence-corrected chi connectivity index (χ2v) is 8.17. The number of hydrogen-bond acceptors (Lipinski definition) is 4. The number of carbonyl (C=O) groups is 1. The molecule has 0 spiro atoms. The number of benzene rings is 1. The van der Waals surface area contributed by atoms with Gasteiger partial charge in [-0.15, -0.1) is 0 Å². The summed E-state index contributed by atoms with van der Waals surface area (Å²) in [6.45, 7) is 3.50. The first kappa shape index (κ1) is 17.6. The largest absolute Gasteiger partial charge is 0.494 e. The quantitative estimate of drug-likeness (QED) is 0.807. The summed E-state index contributed by atoms with van der Waals surface area (Å²) >= 11 is 0. The standard InChI is InChI=1S/C16H24N2O4S/c1-3-4-11-22-14-7-5-13(6-8-14)17-16(19)18-10-9-15(12-18)23(2,20)21/h5-8,15H,3-4,9-12H2,1-2H3,(H,17,19). The number of anilines is 1. The van der Waals surface area contributed by atoms with Crippen LogP contribution in [0.3, 0.4) is 0 Å². The average Bonchev–Trinajstić information content (AvgIpc) is 2.99. The lowest BCUT2D eigenvalue weighted by molar-refractivity contribution is 0.222. The molecule has 1 heterocycles. The average molecular weight is 340 g/mol. The summed E-state index contributed by atoms with van der Waals surface area (Å²) in [4.78, 5) is 13.7. The topological polar surface area (TPSA) is 75.7 Å². The van der Waals surface area contributed by atoms with Crippen molar-refractivity contribution in [1.82, 2.24) is 4.90 Å². The van der Waals surface area contributed by atoms with Crippen LogP contribution in [0.5, 0.6) is 5.75 Å². The highest BCUT2D eigenvalue weighted by Crippen LogP contribution is 2.19. The van der Waals surface area contributed by atoms with E-state index in [1.54, 1.807) is 12.1 Å². The molecule has 7 heteroatoms. The smallest absolute Gasteiger partial charge is 0.321 e. The van der Waals surface area contributed by atoms with Crippen LogP contribution in [0.2, 0.25) is 0 Å². The molecule has 6 nitrogen and oxygen atoms in total. The van der Waals surface area contributed by atoms with Crippen LogP contribution in [0.25, 0.3) is 0 Å². The number of ether oxygens (including phenoxy) is 1. The number of likely N-dealkylation sites (tertiary alicyclic amines) is 1. The van der Waals surface area contributed by atoms with E-state index < -0.39 is 15.1 Å². The first-order valence-corrected chi connectivity index (χ1v) is 9.83. The fraction of sp³-hybridized carbons (Fsp3) is 0.562. The number of urea groups is 1. The van der Waals surface area contributed by atoms with Gasteiger partial charge in [-0.1, -0.05) is 13.3 Å². The molecule has 23 heavy (non-hydrogen) atoms. The van der Waals surface area contributed by atoms with Crippen LogP contribution < -0.4 is 10.1 Å². The maximum Gasteiger partial charge on any atom is 0.321 e. The van der Waals surface area contributed by atoms with E-state index in [2.05, 4.69) is 12.2 Å². The van der Waals surface area contributed by atoms with Crippen molar-refractivity contribution in [3.63, 3.8) is 0 Å². The Hall–Kier alpha value is -1.76. The third-order valence-electron chi connectivity index (χ3n) is 3.91. The van der Waals surface area contributed by atoms with E-state index in [1.165, 1.54) is 11.2 Å². The van der Waals surface area contributed by atoms with Crippen LogP contribution in [0.15, 0.2) is 24.3 Å². The van der Waals surface area contributed by atoms with Crippen molar-refractivity contribution < 1.29 is 17.9 Å². The second-order valence-electron chi connectivity index (χ2n) is 5.84. The van der Waals surface area contributed by atoms with Crippen LogP contribution in [-0.2, 0) is 9.84 Å². The minimum absolute atomic E-state index is 0.253.